The Labute approximate surface area is 201 Å². The zero-order chi connectivity index (χ0) is 24.8. The Morgan fingerprint density at radius 1 is 1.03 bits per heavy atom. The van der Waals surface area contributed by atoms with Crippen molar-refractivity contribution in [3.63, 3.8) is 0 Å². The molecular weight excluding hydrogens is 455 g/mol. The summed E-state index contributed by atoms with van der Waals surface area (Å²) in [6.45, 7) is 3.13. The molecule has 0 atom stereocenters. The molecule has 4 aromatic rings. The molecule has 1 aromatic heterocycles. The van der Waals surface area contributed by atoms with Crippen LogP contribution in [0.15, 0.2) is 72.8 Å². The number of nitrogens with one attached hydrogen (secondary N) is 1. The first-order valence-electron chi connectivity index (χ1n) is 11.5. The number of benzene rings is 3. The molecule has 4 rings (SSSR count). The number of hydrogen-bond acceptors (Lipinski definition) is 3. The van der Waals surface area contributed by atoms with Gasteiger partial charge in [0.1, 0.15) is 18.2 Å². The van der Waals surface area contributed by atoms with Gasteiger partial charge in [-0.2, -0.15) is 13.2 Å². The lowest BCUT2D eigenvalue weighted by Crippen LogP contribution is -2.24. The van der Waals surface area contributed by atoms with Crippen LogP contribution < -0.4 is 10.1 Å². The van der Waals surface area contributed by atoms with E-state index in [1.165, 1.54) is 12.1 Å². The second-order valence-electron chi connectivity index (χ2n) is 8.22. The summed E-state index contributed by atoms with van der Waals surface area (Å²) < 4.78 is 46.7. The Bertz CT molecular complexity index is 1280. The SMILES string of the molecule is CCCCNC(=O)c1ccc2c(c1)nc(COc1ccccc1)n2Cc1ccc(C(F)(F)F)cc1. The normalized spacial score (nSPS) is 11.5. The van der Waals surface area contributed by atoms with Crippen molar-refractivity contribution in [1.29, 1.82) is 0 Å². The molecule has 8 heteroatoms. The number of fused-ring (bicyclic) bond motifs is 1. The Hall–Kier alpha value is -3.81. The lowest BCUT2D eigenvalue weighted by Gasteiger charge is -2.12. The van der Waals surface area contributed by atoms with E-state index in [0.717, 1.165) is 30.5 Å². The second kappa shape index (κ2) is 10.6. The molecule has 182 valence electrons. The van der Waals surface area contributed by atoms with E-state index < -0.39 is 11.7 Å². The fraction of sp³-hybridized carbons (Fsp3) is 0.259. The average molecular weight is 482 g/mol. The number of ether oxygens (including phenoxy) is 1. The van der Waals surface area contributed by atoms with Crippen molar-refractivity contribution in [2.45, 2.75) is 39.1 Å². The van der Waals surface area contributed by atoms with Gasteiger partial charge in [-0.1, -0.05) is 43.7 Å². The van der Waals surface area contributed by atoms with Crippen molar-refractivity contribution in [3.05, 3.63) is 95.3 Å². The molecule has 1 amide bonds. The van der Waals surface area contributed by atoms with Crippen LogP contribution in [-0.2, 0) is 19.3 Å². The minimum absolute atomic E-state index is 0.164. The minimum atomic E-state index is -4.39. The lowest BCUT2D eigenvalue weighted by molar-refractivity contribution is -0.137. The van der Waals surface area contributed by atoms with E-state index in [0.29, 0.717) is 41.3 Å². The number of alkyl halides is 3. The molecule has 0 unspecified atom stereocenters. The molecular formula is C27H26F3N3O2. The maximum atomic E-state index is 13.0. The molecule has 0 aliphatic carbocycles. The molecule has 1 heterocycles. The van der Waals surface area contributed by atoms with Crippen LogP contribution in [-0.4, -0.2) is 22.0 Å². The number of aromatic nitrogens is 2. The number of nitrogens with zero attached hydrogens (tertiary/aromatic N) is 2. The third kappa shape index (κ3) is 6.01. The number of carbonyl (C=O) groups is 1. The van der Waals surface area contributed by atoms with Crippen LogP contribution in [0.3, 0.4) is 0 Å². The van der Waals surface area contributed by atoms with Crippen LogP contribution in [0.5, 0.6) is 5.75 Å². The summed E-state index contributed by atoms with van der Waals surface area (Å²) in [7, 11) is 0. The monoisotopic (exact) mass is 481 g/mol. The highest BCUT2D eigenvalue weighted by molar-refractivity contribution is 5.97. The highest BCUT2D eigenvalue weighted by Gasteiger charge is 2.30. The summed E-state index contributed by atoms with van der Waals surface area (Å²) in [5, 5.41) is 2.90. The maximum Gasteiger partial charge on any atom is 0.416 e. The summed E-state index contributed by atoms with van der Waals surface area (Å²) in [6.07, 6.45) is -2.50. The Balaban J connectivity index is 1.64. The van der Waals surface area contributed by atoms with Crippen molar-refractivity contribution in [1.82, 2.24) is 14.9 Å². The summed E-state index contributed by atoms with van der Waals surface area (Å²) in [4.78, 5) is 17.2. The van der Waals surface area contributed by atoms with E-state index in [4.69, 9.17) is 9.72 Å². The highest BCUT2D eigenvalue weighted by Crippen LogP contribution is 2.29. The van der Waals surface area contributed by atoms with Gasteiger partial charge in [0, 0.05) is 18.7 Å². The number of imidazole rings is 1. The van der Waals surface area contributed by atoms with E-state index >= 15 is 0 Å². The summed E-state index contributed by atoms with van der Waals surface area (Å²) in [5.74, 6) is 1.11. The van der Waals surface area contributed by atoms with Gasteiger partial charge >= 0.3 is 6.18 Å². The van der Waals surface area contributed by atoms with Crippen molar-refractivity contribution >= 4 is 16.9 Å². The van der Waals surface area contributed by atoms with Gasteiger partial charge in [-0.05, 0) is 54.4 Å². The van der Waals surface area contributed by atoms with E-state index in [1.807, 2.05) is 41.0 Å². The summed E-state index contributed by atoms with van der Waals surface area (Å²) in [6, 6.07) is 19.6. The lowest BCUT2D eigenvalue weighted by atomic mass is 10.1. The fourth-order valence-electron chi connectivity index (χ4n) is 3.73. The van der Waals surface area contributed by atoms with Gasteiger partial charge in [0.15, 0.2) is 0 Å². The molecule has 0 radical (unpaired) electrons. The van der Waals surface area contributed by atoms with E-state index in [-0.39, 0.29) is 12.5 Å². The molecule has 0 fully saturated rings. The number of hydrogen-bond donors (Lipinski definition) is 1. The number of halogens is 3. The quantitative estimate of drug-likeness (QED) is 0.289. The van der Waals surface area contributed by atoms with Gasteiger partial charge in [-0.3, -0.25) is 4.79 Å². The predicted octanol–water partition coefficient (Wildman–Crippen LogP) is 6.21. The van der Waals surface area contributed by atoms with Gasteiger partial charge in [0.2, 0.25) is 0 Å². The maximum absolute atomic E-state index is 13.0. The van der Waals surface area contributed by atoms with Gasteiger partial charge in [-0.15, -0.1) is 0 Å². The van der Waals surface area contributed by atoms with Crippen LogP contribution in [0, 0.1) is 0 Å². The van der Waals surface area contributed by atoms with E-state index in [2.05, 4.69) is 12.2 Å². The number of unbranched alkanes of at least 4 members (excludes halogenated alkanes) is 1. The molecule has 0 bridgehead atoms. The first-order chi connectivity index (χ1) is 16.8. The average Bonchev–Trinajstić information content (AvgIpc) is 3.19. The number of rotatable bonds is 9. The van der Waals surface area contributed by atoms with Gasteiger partial charge < -0.3 is 14.6 Å². The van der Waals surface area contributed by atoms with Crippen LogP contribution in [0.4, 0.5) is 13.2 Å². The van der Waals surface area contributed by atoms with Crippen molar-refractivity contribution in [2.24, 2.45) is 0 Å². The molecule has 0 aliphatic heterocycles. The molecule has 1 N–H and O–H groups in total. The molecule has 0 spiro atoms. The zero-order valence-corrected chi connectivity index (χ0v) is 19.3. The fourth-order valence-corrected chi connectivity index (χ4v) is 3.73. The first kappa shape index (κ1) is 24.3. The van der Waals surface area contributed by atoms with Gasteiger partial charge in [0.05, 0.1) is 16.6 Å². The van der Waals surface area contributed by atoms with E-state index in [9.17, 15) is 18.0 Å². The predicted molar refractivity (Wildman–Crippen MR) is 128 cm³/mol. The third-order valence-corrected chi connectivity index (χ3v) is 5.64. The zero-order valence-electron chi connectivity index (χ0n) is 19.3. The van der Waals surface area contributed by atoms with Crippen molar-refractivity contribution in [3.8, 4) is 5.75 Å². The van der Waals surface area contributed by atoms with Crippen LogP contribution in [0.2, 0.25) is 0 Å². The molecule has 35 heavy (non-hydrogen) atoms. The second-order valence-corrected chi connectivity index (χ2v) is 8.22. The largest absolute Gasteiger partial charge is 0.486 e. The van der Waals surface area contributed by atoms with Gasteiger partial charge in [-0.25, -0.2) is 4.98 Å². The summed E-state index contributed by atoms with van der Waals surface area (Å²) in [5.41, 5.74) is 1.89. The molecule has 3 aromatic carbocycles. The van der Waals surface area contributed by atoms with Crippen LogP contribution >= 0.6 is 0 Å². The smallest absolute Gasteiger partial charge is 0.416 e. The highest BCUT2D eigenvalue weighted by atomic mass is 19.4. The van der Waals surface area contributed by atoms with Crippen LogP contribution in [0.25, 0.3) is 11.0 Å². The first-order valence-corrected chi connectivity index (χ1v) is 11.5. The van der Waals surface area contributed by atoms with Crippen LogP contribution in [0.1, 0.15) is 47.1 Å². The Kier molecular flexibility index (Phi) is 7.39. The van der Waals surface area contributed by atoms with Crippen molar-refractivity contribution < 1.29 is 22.7 Å². The minimum Gasteiger partial charge on any atom is -0.486 e. The van der Waals surface area contributed by atoms with Gasteiger partial charge in [0.25, 0.3) is 5.91 Å². The number of para-hydroxylation sites is 1. The number of carbonyl (C=O) groups excluding carboxylic acids is 1. The third-order valence-electron chi connectivity index (χ3n) is 5.64. The Morgan fingerprint density at radius 3 is 2.46 bits per heavy atom. The topological polar surface area (TPSA) is 56.1 Å². The van der Waals surface area contributed by atoms with E-state index in [1.54, 1.807) is 12.1 Å². The molecule has 0 saturated heterocycles. The Morgan fingerprint density at radius 2 is 1.77 bits per heavy atom. The molecule has 0 saturated carbocycles. The molecule has 5 nitrogen and oxygen atoms in total. The van der Waals surface area contributed by atoms with Crippen molar-refractivity contribution in [2.75, 3.05) is 6.54 Å². The molecule has 0 aliphatic rings. The standard InChI is InChI=1S/C27H26F3N3O2/c1-2-3-15-31-26(34)20-11-14-24-23(16-20)32-25(18-35-22-7-5-4-6-8-22)33(24)17-19-9-12-21(13-10-19)27(28,29)30/h4-14,16H,2-3,15,17-18H2,1H3,(H,31,34). The number of amides is 1. The summed E-state index contributed by atoms with van der Waals surface area (Å²) >= 11 is 0.